The topological polar surface area (TPSA) is 110 Å². The molecule has 4 rings (SSSR count). The number of hydrogen-bond acceptors (Lipinski definition) is 7. The zero-order valence-corrected chi connectivity index (χ0v) is 20.4. The van der Waals surface area contributed by atoms with Gasteiger partial charge in [-0.15, -0.1) is 0 Å². The Hall–Kier alpha value is -4.15. The zero-order chi connectivity index (χ0) is 26.0. The van der Waals surface area contributed by atoms with Crippen molar-refractivity contribution in [2.75, 3.05) is 18.1 Å². The summed E-state index contributed by atoms with van der Waals surface area (Å²) in [7, 11) is 0. The molecule has 3 amide bonds. The Morgan fingerprint density at radius 1 is 1.06 bits per heavy atom. The monoisotopic (exact) mass is 523 g/mol. The number of carbonyl (C=O) groups is 3. The summed E-state index contributed by atoms with van der Waals surface area (Å²) in [6.45, 7) is 1.56. The molecule has 1 aliphatic rings. The van der Waals surface area contributed by atoms with E-state index in [1.165, 1.54) is 18.2 Å². The highest BCUT2D eigenvalue weighted by molar-refractivity contribution is 7.80. The average molecular weight is 524 g/mol. The molecule has 0 bridgehead atoms. The van der Waals surface area contributed by atoms with Crippen LogP contribution in [0.25, 0.3) is 0 Å². The molecule has 0 aromatic heterocycles. The molecule has 0 spiro atoms. The first-order valence-electron chi connectivity index (χ1n) is 10.7. The van der Waals surface area contributed by atoms with Crippen molar-refractivity contribution in [3.8, 4) is 0 Å². The van der Waals surface area contributed by atoms with Gasteiger partial charge in [0.1, 0.15) is 6.61 Å². The van der Waals surface area contributed by atoms with E-state index >= 15 is 0 Å². The maximum Gasteiger partial charge on any atom is 0.271 e. The Morgan fingerprint density at radius 2 is 1.75 bits per heavy atom. The number of halogens is 1. The van der Waals surface area contributed by atoms with E-state index in [1.54, 1.807) is 42.5 Å². The van der Waals surface area contributed by atoms with Crippen molar-refractivity contribution in [2.45, 2.75) is 6.92 Å². The number of hydrogen-bond donors (Lipinski definition) is 0. The van der Waals surface area contributed by atoms with E-state index in [0.717, 1.165) is 21.4 Å². The summed E-state index contributed by atoms with van der Waals surface area (Å²) in [6.07, 6.45) is 0. The number of imide groups is 1. The van der Waals surface area contributed by atoms with Gasteiger partial charge in [-0.2, -0.15) is 0 Å². The summed E-state index contributed by atoms with van der Waals surface area (Å²) in [5, 5.41) is 11.3. The van der Waals surface area contributed by atoms with E-state index < -0.39 is 22.6 Å². The van der Waals surface area contributed by atoms with Gasteiger partial charge in [0, 0.05) is 22.7 Å². The average Bonchev–Trinajstić information content (AvgIpc) is 3.09. The molecule has 3 aromatic carbocycles. The Labute approximate surface area is 216 Å². The second-order valence-electron chi connectivity index (χ2n) is 7.85. The van der Waals surface area contributed by atoms with E-state index in [0.29, 0.717) is 21.8 Å². The van der Waals surface area contributed by atoms with Gasteiger partial charge in [0.05, 0.1) is 28.3 Å². The number of ether oxygens (including phenoxy) is 1. The molecule has 0 N–H and O–H groups in total. The van der Waals surface area contributed by atoms with Gasteiger partial charge in [-0.1, -0.05) is 29.3 Å². The Bertz CT molecular complexity index is 1410. The van der Waals surface area contributed by atoms with Crippen LogP contribution in [0.3, 0.4) is 0 Å². The number of thiocarbonyl (C=S) groups is 1. The van der Waals surface area contributed by atoms with E-state index in [4.69, 9.17) is 28.6 Å². The molecule has 0 radical (unpaired) electrons. The number of anilines is 1. The number of aryl methyl sites for hydroxylation is 1. The van der Waals surface area contributed by atoms with Crippen LogP contribution < -0.4 is 4.90 Å². The molecule has 0 saturated heterocycles. The van der Waals surface area contributed by atoms with Gasteiger partial charge in [0.25, 0.3) is 28.6 Å². The fourth-order valence-corrected chi connectivity index (χ4v) is 4.07. The number of nitro groups is 1. The van der Waals surface area contributed by atoms with Crippen LogP contribution in [0.5, 0.6) is 0 Å². The van der Waals surface area contributed by atoms with E-state index in [1.807, 2.05) is 6.92 Å². The van der Waals surface area contributed by atoms with Gasteiger partial charge in [-0.05, 0) is 61.6 Å². The smallest absolute Gasteiger partial charge is 0.271 e. The molecular formula is C25H18ClN3O6S. The number of benzene rings is 3. The van der Waals surface area contributed by atoms with Crippen molar-refractivity contribution in [3.63, 3.8) is 0 Å². The van der Waals surface area contributed by atoms with E-state index in [9.17, 15) is 24.5 Å². The maximum absolute atomic E-state index is 13.3. The number of nitrogens with zero attached hydrogens (tertiary/aromatic N) is 3. The van der Waals surface area contributed by atoms with Crippen LogP contribution in [-0.4, -0.2) is 45.9 Å². The second kappa shape index (κ2) is 10.2. The van der Waals surface area contributed by atoms with Crippen molar-refractivity contribution in [1.29, 1.82) is 0 Å². The van der Waals surface area contributed by atoms with Crippen LogP contribution in [0, 0.1) is 17.0 Å². The van der Waals surface area contributed by atoms with Crippen molar-refractivity contribution >= 4 is 58.1 Å². The Morgan fingerprint density at radius 3 is 2.44 bits per heavy atom. The van der Waals surface area contributed by atoms with Gasteiger partial charge >= 0.3 is 0 Å². The predicted molar refractivity (Wildman–Crippen MR) is 136 cm³/mol. The van der Waals surface area contributed by atoms with E-state index in [-0.39, 0.29) is 29.6 Å². The second-order valence-corrected chi connectivity index (χ2v) is 8.64. The molecule has 1 aliphatic heterocycles. The molecule has 9 nitrogen and oxygen atoms in total. The molecule has 0 aliphatic carbocycles. The highest BCUT2D eigenvalue weighted by atomic mass is 35.5. The first-order valence-corrected chi connectivity index (χ1v) is 11.4. The molecule has 0 atom stereocenters. The fourth-order valence-electron chi connectivity index (χ4n) is 3.67. The Balaban J connectivity index is 1.52. The van der Waals surface area contributed by atoms with Crippen LogP contribution in [0.4, 0.5) is 11.4 Å². The normalized spacial score (nSPS) is 12.3. The lowest BCUT2D eigenvalue weighted by atomic mass is 10.1. The standard InChI is InChI=1S/C25H18ClN3O6S/c1-15-5-10-20-21(13-15)24(32)27(23(20)31)11-12-35-25(36)28(18-8-6-17(26)7-9-18)22(30)16-3-2-4-19(14-16)29(33)34/h2-10,13-14H,11-12H2,1H3. The molecule has 0 fully saturated rings. The first-order chi connectivity index (χ1) is 17.2. The highest BCUT2D eigenvalue weighted by Gasteiger charge is 2.35. The van der Waals surface area contributed by atoms with Crippen LogP contribution in [-0.2, 0) is 4.74 Å². The third-order valence-corrected chi connectivity index (χ3v) is 5.99. The van der Waals surface area contributed by atoms with Crippen molar-refractivity contribution in [2.24, 2.45) is 0 Å². The number of amides is 3. The number of rotatable bonds is 6. The maximum atomic E-state index is 13.3. The van der Waals surface area contributed by atoms with Crippen LogP contribution in [0.2, 0.25) is 5.02 Å². The Kier molecular flexibility index (Phi) is 7.09. The molecule has 3 aromatic rings. The molecule has 1 heterocycles. The van der Waals surface area contributed by atoms with Crippen molar-refractivity contribution in [3.05, 3.63) is 104 Å². The summed E-state index contributed by atoms with van der Waals surface area (Å²) in [5.74, 6) is -1.54. The van der Waals surface area contributed by atoms with Gasteiger partial charge < -0.3 is 4.74 Å². The predicted octanol–water partition coefficient (Wildman–Crippen LogP) is 4.80. The van der Waals surface area contributed by atoms with Crippen LogP contribution in [0.1, 0.15) is 36.6 Å². The summed E-state index contributed by atoms with van der Waals surface area (Å²) in [4.78, 5) is 51.3. The molecule has 11 heteroatoms. The lowest BCUT2D eigenvalue weighted by Gasteiger charge is -2.24. The van der Waals surface area contributed by atoms with Gasteiger partial charge in [0.2, 0.25) is 0 Å². The quantitative estimate of drug-likeness (QED) is 0.197. The summed E-state index contributed by atoms with van der Waals surface area (Å²) in [6, 6.07) is 16.4. The summed E-state index contributed by atoms with van der Waals surface area (Å²) in [5.41, 5.74) is 1.57. The number of nitro benzene ring substituents is 1. The number of fused-ring (bicyclic) bond motifs is 1. The largest absolute Gasteiger partial charge is 0.468 e. The minimum atomic E-state index is -0.665. The zero-order valence-electron chi connectivity index (χ0n) is 18.8. The number of carbonyl (C=O) groups excluding carboxylic acids is 3. The first kappa shape index (κ1) is 25.0. The molecular weight excluding hydrogens is 506 g/mol. The van der Waals surface area contributed by atoms with Gasteiger partial charge in [0.15, 0.2) is 0 Å². The van der Waals surface area contributed by atoms with Crippen LogP contribution >= 0.6 is 23.8 Å². The van der Waals surface area contributed by atoms with Gasteiger partial charge in [-0.3, -0.25) is 29.4 Å². The highest BCUT2D eigenvalue weighted by Crippen LogP contribution is 2.25. The number of non-ortho nitro benzene ring substituents is 1. The SMILES string of the molecule is Cc1ccc2c(c1)C(=O)N(CCOC(=S)N(C(=O)c1cccc([N+](=O)[O-])c1)c1ccc(Cl)cc1)C2=O. The lowest BCUT2D eigenvalue weighted by Crippen LogP contribution is -2.39. The molecule has 0 unspecified atom stereocenters. The summed E-state index contributed by atoms with van der Waals surface area (Å²) >= 11 is 11.3. The third kappa shape index (κ3) is 4.95. The van der Waals surface area contributed by atoms with E-state index in [2.05, 4.69) is 0 Å². The minimum absolute atomic E-state index is 0.0146. The van der Waals surface area contributed by atoms with Crippen molar-refractivity contribution in [1.82, 2.24) is 4.90 Å². The third-order valence-electron chi connectivity index (χ3n) is 5.44. The fraction of sp³-hybridized carbons (Fsp3) is 0.120. The van der Waals surface area contributed by atoms with Crippen molar-refractivity contribution < 1.29 is 24.0 Å². The lowest BCUT2D eigenvalue weighted by molar-refractivity contribution is -0.384. The molecule has 36 heavy (non-hydrogen) atoms. The van der Waals surface area contributed by atoms with Gasteiger partial charge in [-0.25, -0.2) is 4.90 Å². The minimum Gasteiger partial charge on any atom is -0.468 e. The summed E-state index contributed by atoms with van der Waals surface area (Å²) < 4.78 is 5.61. The molecule has 182 valence electrons. The molecule has 0 saturated carbocycles. The van der Waals surface area contributed by atoms with Crippen LogP contribution in [0.15, 0.2) is 66.7 Å².